The van der Waals surface area contributed by atoms with Crippen LogP contribution in [0.1, 0.15) is 33.1 Å². The van der Waals surface area contributed by atoms with Crippen LogP contribution in [0, 0.1) is 0 Å². The number of hydrogen-bond acceptors (Lipinski definition) is 2. The number of rotatable bonds is 7. The Morgan fingerprint density at radius 3 is 2.08 bits per heavy atom. The number of aromatic carboxylic acids is 1. The number of aromatic nitrogens is 2. The molecule has 0 aliphatic rings. The second-order valence-corrected chi connectivity index (χ2v) is 5.85. The molecule has 3 rings (SSSR count). The summed E-state index contributed by atoms with van der Waals surface area (Å²) in [6, 6.07) is 19.7. The summed E-state index contributed by atoms with van der Waals surface area (Å²) < 4.78 is 1.75. The molecule has 0 saturated carbocycles. The summed E-state index contributed by atoms with van der Waals surface area (Å²) in [5, 5.41) is 9.74. The molecule has 3 aromatic rings. The maximum absolute atomic E-state index is 11.9. The molecule has 4 nitrogen and oxygen atoms in total. The van der Waals surface area contributed by atoms with Crippen LogP contribution in [0.3, 0.4) is 0 Å². The van der Waals surface area contributed by atoms with Crippen molar-refractivity contribution in [2.75, 3.05) is 0 Å². The quantitative estimate of drug-likeness (QED) is 0.667. The van der Waals surface area contributed by atoms with Gasteiger partial charge in [-0.2, -0.15) is 0 Å². The van der Waals surface area contributed by atoms with Gasteiger partial charge in [-0.15, -0.1) is 6.58 Å². The summed E-state index contributed by atoms with van der Waals surface area (Å²) >= 11 is 0. The fourth-order valence-corrected chi connectivity index (χ4v) is 2.94. The minimum Gasteiger partial charge on any atom is -0.477 e. The van der Waals surface area contributed by atoms with Crippen molar-refractivity contribution < 1.29 is 9.90 Å². The SMILES string of the molecule is C=CCn1c(Cc2ccccc2)nc(Cc2ccccc2)c1C(=O)O. The van der Waals surface area contributed by atoms with Gasteiger partial charge in [0.1, 0.15) is 5.82 Å². The molecule has 0 unspecified atom stereocenters. The molecular weight excluding hydrogens is 312 g/mol. The number of carbonyl (C=O) groups is 1. The number of benzene rings is 2. The van der Waals surface area contributed by atoms with Crippen molar-refractivity contribution in [3.05, 3.63) is 102 Å². The van der Waals surface area contributed by atoms with Crippen LogP contribution in [-0.2, 0) is 19.4 Å². The molecule has 1 N–H and O–H groups in total. The predicted octanol–water partition coefficient (Wildman–Crippen LogP) is 3.95. The molecule has 0 bridgehead atoms. The van der Waals surface area contributed by atoms with Gasteiger partial charge in [-0.3, -0.25) is 0 Å². The Morgan fingerprint density at radius 1 is 1.00 bits per heavy atom. The lowest BCUT2D eigenvalue weighted by molar-refractivity contribution is 0.0684. The lowest BCUT2D eigenvalue weighted by Gasteiger charge is -2.08. The number of hydrogen-bond donors (Lipinski definition) is 1. The highest BCUT2D eigenvalue weighted by molar-refractivity contribution is 5.87. The van der Waals surface area contributed by atoms with Gasteiger partial charge in [0, 0.05) is 19.4 Å². The Morgan fingerprint density at radius 2 is 1.56 bits per heavy atom. The molecule has 0 aliphatic heterocycles. The molecule has 0 radical (unpaired) electrons. The Bertz CT molecular complexity index is 868. The minimum absolute atomic E-state index is 0.245. The van der Waals surface area contributed by atoms with Crippen LogP contribution in [-0.4, -0.2) is 20.6 Å². The van der Waals surface area contributed by atoms with E-state index in [9.17, 15) is 9.90 Å². The molecule has 126 valence electrons. The third-order valence-corrected chi connectivity index (χ3v) is 4.05. The lowest BCUT2D eigenvalue weighted by Crippen LogP contribution is -2.12. The van der Waals surface area contributed by atoms with E-state index < -0.39 is 5.97 Å². The van der Waals surface area contributed by atoms with Gasteiger partial charge in [-0.25, -0.2) is 9.78 Å². The molecule has 0 fully saturated rings. The van der Waals surface area contributed by atoms with Crippen molar-refractivity contribution in [1.82, 2.24) is 9.55 Å². The van der Waals surface area contributed by atoms with E-state index in [2.05, 4.69) is 11.6 Å². The Balaban J connectivity index is 2.03. The summed E-state index contributed by atoms with van der Waals surface area (Å²) in [4.78, 5) is 16.6. The summed E-state index contributed by atoms with van der Waals surface area (Å²) in [5.41, 5.74) is 2.97. The Kier molecular flexibility index (Phi) is 5.09. The zero-order chi connectivity index (χ0) is 17.6. The summed E-state index contributed by atoms with van der Waals surface area (Å²) in [6.07, 6.45) is 2.78. The fourth-order valence-electron chi connectivity index (χ4n) is 2.94. The van der Waals surface area contributed by atoms with Crippen LogP contribution in [0.2, 0.25) is 0 Å². The van der Waals surface area contributed by atoms with Gasteiger partial charge >= 0.3 is 5.97 Å². The van der Waals surface area contributed by atoms with Crippen LogP contribution in [0.25, 0.3) is 0 Å². The standard InChI is InChI=1S/C21H20N2O2/c1-2-13-23-19(15-17-11-7-4-8-12-17)22-18(20(23)21(24)25)14-16-9-5-3-6-10-16/h2-12H,1,13-15H2,(H,24,25). The number of imidazole rings is 1. The molecule has 0 atom stereocenters. The first kappa shape index (κ1) is 16.7. The minimum atomic E-state index is -0.959. The first-order valence-electron chi connectivity index (χ1n) is 8.19. The summed E-state index contributed by atoms with van der Waals surface area (Å²) in [6.45, 7) is 4.18. The van der Waals surface area contributed by atoms with E-state index in [-0.39, 0.29) is 5.69 Å². The molecular formula is C21H20N2O2. The molecule has 25 heavy (non-hydrogen) atoms. The molecule has 0 aliphatic carbocycles. The van der Waals surface area contributed by atoms with Gasteiger partial charge in [0.25, 0.3) is 0 Å². The number of carboxylic acids is 1. The normalized spacial score (nSPS) is 10.6. The first-order chi connectivity index (χ1) is 12.2. The highest BCUT2D eigenvalue weighted by atomic mass is 16.4. The maximum Gasteiger partial charge on any atom is 0.354 e. The fraction of sp³-hybridized carbons (Fsp3) is 0.143. The van der Waals surface area contributed by atoms with Crippen LogP contribution in [0.15, 0.2) is 73.3 Å². The predicted molar refractivity (Wildman–Crippen MR) is 97.9 cm³/mol. The summed E-state index contributed by atoms with van der Waals surface area (Å²) in [7, 11) is 0. The topological polar surface area (TPSA) is 55.1 Å². The van der Waals surface area contributed by atoms with Crippen LogP contribution < -0.4 is 0 Å². The van der Waals surface area contributed by atoms with Gasteiger partial charge < -0.3 is 9.67 Å². The smallest absolute Gasteiger partial charge is 0.354 e. The summed E-state index contributed by atoms with van der Waals surface area (Å²) in [5.74, 6) is -0.214. The largest absolute Gasteiger partial charge is 0.477 e. The van der Waals surface area contributed by atoms with Crippen LogP contribution in [0.5, 0.6) is 0 Å². The second-order valence-electron chi connectivity index (χ2n) is 5.85. The molecule has 1 heterocycles. The second kappa shape index (κ2) is 7.62. The highest BCUT2D eigenvalue weighted by Crippen LogP contribution is 2.19. The molecule has 1 aromatic heterocycles. The molecule has 0 amide bonds. The zero-order valence-corrected chi connectivity index (χ0v) is 13.9. The third-order valence-electron chi connectivity index (χ3n) is 4.05. The van der Waals surface area contributed by atoms with Crippen LogP contribution >= 0.6 is 0 Å². The van der Waals surface area contributed by atoms with Gasteiger partial charge in [0.15, 0.2) is 5.69 Å². The zero-order valence-electron chi connectivity index (χ0n) is 13.9. The Hall–Kier alpha value is -3.14. The Labute approximate surface area is 147 Å². The maximum atomic E-state index is 11.9. The highest BCUT2D eigenvalue weighted by Gasteiger charge is 2.22. The van der Waals surface area contributed by atoms with Crippen molar-refractivity contribution in [3.8, 4) is 0 Å². The van der Waals surface area contributed by atoms with E-state index in [0.717, 1.165) is 17.0 Å². The van der Waals surface area contributed by atoms with E-state index in [0.29, 0.717) is 25.1 Å². The number of allylic oxidation sites excluding steroid dienone is 1. The van der Waals surface area contributed by atoms with E-state index in [1.807, 2.05) is 60.7 Å². The van der Waals surface area contributed by atoms with E-state index in [1.54, 1.807) is 10.6 Å². The lowest BCUT2D eigenvalue weighted by atomic mass is 10.1. The molecule has 2 aromatic carbocycles. The molecule has 4 heteroatoms. The monoisotopic (exact) mass is 332 g/mol. The van der Waals surface area contributed by atoms with Gasteiger partial charge in [0.05, 0.1) is 5.69 Å². The van der Waals surface area contributed by atoms with E-state index in [4.69, 9.17) is 0 Å². The van der Waals surface area contributed by atoms with Crippen LogP contribution in [0.4, 0.5) is 0 Å². The van der Waals surface area contributed by atoms with Crippen molar-refractivity contribution in [2.45, 2.75) is 19.4 Å². The third kappa shape index (κ3) is 3.86. The van der Waals surface area contributed by atoms with Gasteiger partial charge in [-0.05, 0) is 11.1 Å². The van der Waals surface area contributed by atoms with E-state index >= 15 is 0 Å². The first-order valence-corrected chi connectivity index (χ1v) is 8.19. The number of nitrogens with zero attached hydrogens (tertiary/aromatic N) is 2. The van der Waals surface area contributed by atoms with Crippen molar-refractivity contribution in [2.24, 2.45) is 0 Å². The van der Waals surface area contributed by atoms with E-state index in [1.165, 1.54) is 0 Å². The molecule has 0 spiro atoms. The molecule has 0 saturated heterocycles. The van der Waals surface area contributed by atoms with Crippen molar-refractivity contribution in [1.29, 1.82) is 0 Å². The number of carboxylic acid groups (broad SMARTS) is 1. The van der Waals surface area contributed by atoms with Crippen molar-refractivity contribution in [3.63, 3.8) is 0 Å². The average Bonchev–Trinajstić information content (AvgIpc) is 2.94. The van der Waals surface area contributed by atoms with Crippen molar-refractivity contribution >= 4 is 5.97 Å². The van der Waals surface area contributed by atoms with Gasteiger partial charge in [-0.1, -0.05) is 66.7 Å². The van der Waals surface area contributed by atoms with Gasteiger partial charge in [0.2, 0.25) is 0 Å². The average molecular weight is 332 g/mol.